The lowest BCUT2D eigenvalue weighted by Gasteiger charge is -2.33. The van der Waals surface area contributed by atoms with Gasteiger partial charge >= 0.3 is 0 Å². The van der Waals surface area contributed by atoms with E-state index in [1.165, 1.54) is 6.07 Å². The quantitative estimate of drug-likeness (QED) is 0.304. The van der Waals surface area contributed by atoms with Gasteiger partial charge in [0.25, 0.3) is 0 Å². The van der Waals surface area contributed by atoms with Gasteiger partial charge in [-0.15, -0.1) is 24.0 Å². The number of benzene rings is 1. The van der Waals surface area contributed by atoms with Crippen molar-refractivity contribution in [2.45, 2.75) is 39.3 Å². The monoisotopic (exact) mass is 535 g/mol. The van der Waals surface area contributed by atoms with Gasteiger partial charge in [-0.3, -0.25) is 9.69 Å². The van der Waals surface area contributed by atoms with E-state index in [4.69, 9.17) is 4.74 Å². The van der Waals surface area contributed by atoms with Gasteiger partial charge < -0.3 is 20.3 Å². The summed E-state index contributed by atoms with van der Waals surface area (Å²) < 4.78 is 19.3. The van der Waals surface area contributed by atoms with Gasteiger partial charge in [0.05, 0.1) is 19.7 Å². The van der Waals surface area contributed by atoms with Crippen molar-refractivity contribution in [3.05, 3.63) is 29.6 Å². The summed E-state index contributed by atoms with van der Waals surface area (Å²) in [6.45, 7) is 7.64. The number of ether oxygens (including phenoxy) is 1. The fourth-order valence-electron chi connectivity index (χ4n) is 3.17. The van der Waals surface area contributed by atoms with E-state index in [2.05, 4.69) is 20.5 Å². The Bertz CT molecular complexity index is 694. The number of halogens is 2. The number of aliphatic imine (C=N–C) groups is 1. The van der Waals surface area contributed by atoms with Crippen LogP contribution in [0, 0.1) is 5.82 Å². The number of hydrogen-bond donors (Lipinski definition) is 2. The molecule has 1 fully saturated rings. The Hall–Kier alpha value is -1.62. The van der Waals surface area contributed by atoms with Crippen molar-refractivity contribution in [2.24, 2.45) is 4.99 Å². The van der Waals surface area contributed by atoms with Crippen LogP contribution >= 0.6 is 24.0 Å². The number of likely N-dealkylation sites (N-methyl/N-ethyl adjacent to an activating group) is 1. The lowest BCUT2D eigenvalue weighted by Crippen LogP contribution is -2.50. The second-order valence-corrected chi connectivity index (χ2v) is 7.38. The van der Waals surface area contributed by atoms with E-state index >= 15 is 0 Å². The van der Waals surface area contributed by atoms with Gasteiger partial charge in [0.2, 0.25) is 5.91 Å². The molecule has 1 amide bonds. The molecule has 7 nitrogen and oxygen atoms in total. The van der Waals surface area contributed by atoms with Gasteiger partial charge in [-0.2, -0.15) is 0 Å². The Balaban J connectivity index is 0.00000450. The van der Waals surface area contributed by atoms with Gasteiger partial charge in [0.1, 0.15) is 0 Å². The summed E-state index contributed by atoms with van der Waals surface area (Å²) in [5.41, 5.74) is 0.792. The average Bonchev–Trinajstić information content (AvgIpc) is 2.69. The largest absolute Gasteiger partial charge is 0.491 e. The molecule has 0 aliphatic carbocycles. The number of rotatable bonds is 8. The smallest absolute Gasteiger partial charge is 0.236 e. The van der Waals surface area contributed by atoms with Crippen molar-refractivity contribution in [3.63, 3.8) is 0 Å². The summed E-state index contributed by atoms with van der Waals surface area (Å²) in [7, 11) is 3.57. The molecule has 2 N–H and O–H groups in total. The van der Waals surface area contributed by atoms with E-state index in [1.54, 1.807) is 25.1 Å². The van der Waals surface area contributed by atoms with Crippen LogP contribution in [0.4, 0.5) is 4.39 Å². The van der Waals surface area contributed by atoms with Crippen LogP contribution in [0.3, 0.4) is 0 Å². The van der Waals surface area contributed by atoms with Gasteiger partial charge in [-0.25, -0.2) is 9.38 Å². The average molecular weight is 535 g/mol. The Labute approximate surface area is 196 Å². The highest BCUT2D eigenvalue weighted by molar-refractivity contribution is 14.0. The zero-order chi connectivity index (χ0) is 21.2. The summed E-state index contributed by atoms with van der Waals surface area (Å²) in [4.78, 5) is 20.3. The predicted octanol–water partition coefficient (Wildman–Crippen LogP) is 2.45. The normalized spacial score (nSPS) is 15.3. The molecule has 0 radical (unpaired) electrons. The van der Waals surface area contributed by atoms with E-state index in [0.29, 0.717) is 25.7 Å². The molecule has 1 aromatic rings. The molecule has 1 aliphatic heterocycles. The predicted molar refractivity (Wildman–Crippen MR) is 129 cm³/mol. The third kappa shape index (κ3) is 8.63. The number of carbonyl (C=O) groups excluding carboxylic acids is 1. The van der Waals surface area contributed by atoms with Crippen molar-refractivity contribution < 1.29 is 13.9 Å². The minimum atomic E-state index is -0.364. The minimum absolute atomic E-state index is 0. The number of guanidine groups is 1. The van der Waals surface area contributed by atoms with E-state index in [0.717, 1.165) is 44.0 Å². The van der Waals surface area contributed by atoms with E-state index < -0.39 is 0 Å². The van der Waals surface area contributed by atoms with Crippen LogP contribution in [-0.4, -0.2) is 74.6 Å². The van der Waals surface area contributed by atoms with Crippen molar-refractivity contribution in [1.82, 2.24) is 20.4 Å². The van der Waals surface area contributed by atoms with Gasteiger partial charge in [0.15, 0.2) is 17.5 Å². The fourth-order valence-corrected chi connectivity index (χ4v) is 3.17. The standard InChI is InChI=1S/C21H34FN5O2.HI/c1-5-23-21(24-14-16-7-8-19(29-6-2)18(22)13-16)25-17-9-11-27(12-10-17)15-20(28)26(3)4;/h7-8,13,17H,5-6,9-12,14-15H2,1-4H3,(H2,23,24,25);1H. The molecule has 0 saturated carbocycles. The second-order valence-electron chi connectivity index (χ2n) is 7.38. The molecule has 0 spiro atoms. The van der Waals surface area contributed by atoms with Crippen molar-refractivity contribution in [3.8, 4) is 5.75 Å². The van der Waals surface area contributed by atoms with Crippen LogP contribution < -0.4 is 15.4 Å². The van der Waals surface area contributed by atoms with E-state index in [-0.39, 0.29) is 41.5 Å². The lowest BCUT2D eigenvalue weighted by atomic mass is 10.1. The molecule has 170 valence electrons. The van der Waals surface area contributed by atoms with E-state index in [1.807, 2.05) is 19.9 Å². The molecule has 1 aliphatic rings. The number of amides is 1. The molecular formula is C21H35FIN5O2. The van der Waals surface area contributed by atoms with Crippen LogP contribution in [0.2, 0.25) is 0 Å². The molecule has 30 heavy (non-hydrogen) atoms. The van der Waals surface area contributed by atoms with Crippen molar-refractivity contribution in [1.29, 1.82) is 0 Å². The third-order valence-electron chi connectivity index (χ3n) is 4.85. The van der Waals surface area contributed by atoms with Gasteiger partial charge in [-0.05, 0) is 44.4 Å². The first-order valence-electron chi connectivity index (χ1n) is 10.3. The molecule has 1 heterocycles. The molecule has 1 saturated heterocycles. The molecule has 0 bridgehead atoms. The summed E-state index contributed by atoms with van der Waals surface area (Å²) in [5.74, 6) is 0.764. The highest BCUT2D eigenvalue weighted by Gasteiger charge is 2.22. The first-order chi connectivity index (χ1) is 13.9. The Morgan fingerprint density at radius 2 is 2.00 bits per heavy atom. The number of likely N-dealkylation sites (tertiary alicyclic amines) is 1. The summed E-state index contributed by atoms with van der Waals surface area (Å²) in [6.07, 6.45) is 1.89. The maximum absolute atomic E-state index is 14.0. The van der Waals surface area contributed by atoms with Crippen LogP contribution in [0.15, 0.2) is 23.2 Å². The van der Waals surface area contributed by atoms with Crippen molar-refractivity contribution >= 4 is 35.8 Å². The van der Waals surface area contributed by atoms with E-state index in [9.17, 15) is 9.18 Å². The van der Waals surface area contributed by atoms with Crippen molar-refractivity contribution in [2.75, 3.05) is 46.9 Å². The van der Waals surface area contributed by atoms with Gasteiger partial charge in [0, 0.05) is 39.8 Å². The zero-order valence-corrected chi connectivity index (χ0v) is 20.7. The SMILES string of the molecule is CCNC(=NCc1ccc(OCC)c(F)c1)NC1CCN(CC(=O)N(C)C)CC1.I. The van der Waals surface area contributed by atoms with Crippen LogP contribution in [-0.2, 0) is 11.3 Å². The molecular weight excluding hydrogens is 500 g/mol. The Kier molecular flexibility index (Phi) is 12.0. The van der Waals surface area contributed by atoms with Gasteiger partial charge in [-0.1, -0.05) is 6.07 Å². The number of piperidine rings is 1. The Morgan fingerprint density at radius 3 is 2.57 bits per heavy atom. The van der Waals surface area contributed by atoms with Crippen LogP contribution in [0.25, 0.3) is 0 Å². The molecule has 9 heteroatoms. The lowest BCUT2D eigenvalue weighted by molar-refractivity contribution is -0.130. The third-order valence-corrected chi connectivity index (χ3v) is 4.85. The van der Waals surface area contributed by atoms with Crippen LogP contribution in [0.5, 0.6) is 5.75 Å². The molecule has 0 aromatic heterocycles. The maximum Gasteiger partial charge on any atom is 0.236 e. The first-order valence-corrected chi connectivity index (χ1v) is 10.3. The molecule has 2 rings (SSSR count). The Morgan fingerprint density at radius 1 is 1.30 bits per heavy atom. The molecule has 0 unspecified atom stereocenters. The topological polar surface area (TPSA) is 69.2 Å². The minimum Gasteiger partial charge on any atom is -0.491 e. The zero-order valence-electron chi connectivity index (χ0n) is 18.4. The fraction of sp³-hybridized carbons (Fsp3) is 0.619. The summed E-state index contributed by atoms with van der Waals surface area (Å²) >= 11 is 0. The highest BCUT2D eigenvalue weighted by Crippen LogP contribution is 2.18. The summed E-state index contributed by atoms with van der Waals surface area (Å²) in [6, 6.07) is 5.25. The van der Waals surface area contributed by atoms with Crippen LogP contribution in [0.1, 0.15) is 32.3 Å². The number of hydrogen-bond acceptors (Lipinski definition) is 4. The second kappa shape index (κ2) is 13.6. The first kappa shape index (κ1) is 26.4. The maximum atomic E-state index is 14.0. The summed E-state index contributed by atoms with van der Waals surface area (Å²) in [5, 5.41) is 6.72. The number of carbonyl (C=O) groups is 1. The number of nitrogens with one attached hydrogen (secondary N) is 2. The number of nitrogens with zero attached hydrogens (tertiary/aromatic N) is 3. The highest BCUT2D eigenvalue weighted by atomic mass is 127. The molecule has 1 aromatic carbocycles. The molecule has 0 atom stereocenters.